The number of ether oxygens (including phenoxy) is 1. The summed E-state index contributed by atoms with van der Waals surface area (Å²) in [6.07, 6.45) is 0.811. The Morgan fingerprint density at radius 2 is 1.92 bits per heavy atom. The summed E-state index contributed by atoms with van der Waals surface area (Å²) in [7, 11) is 1.67. The molecule has 2 atom stereocenters. The Kier molecular flexibility index (Phi) is 8.45. The number of para-hydroxylation sites is 1. The Morgan fingerprint density at radius 3 is 2.56 bits per heavy atom. The lowest BCUT2D eigenvalue weighted by Gasteiger charge is -2.25. The number of nitrogens with zero attached hydrogens (tertiary/aromatic N) is 3. The molecule has 0 unspecified atom stereocenters. The molecule has 1 aromatic heterocycles. The van der Waals surface area contributed by atoms with Crippen LogP contribution in [-0.4, -0.2) is 47.0 Å². The van der Waals surface area contributed by atoms with Gasteiger partial charge in [-0.3, -0.25) is 14.5 Å². The lowest BCUT2D eigenvalue weighted by atomic mass is 9.87. The van der Waals surface area contributed by atoms with Crippen molar-refractivity contribution in [1.29, 1.82) is 0 Å². The van der Waals surface area contributed by atoms with E-state index in [1.807, 2.05) is 42.8 Å². The van der Waals surface area contributed by atoms with Crippen molar-refractivity contribution in [2.45, 2.75) is 71.6 Å². The fraction of sp³-hybridized carbons (Fsp3) is 0.452. The number of benzene rings is 2. The quantitative estimate of drug-likeness (QED) is 0.399. The zero-order valence-electron chi connectivity index (χ0n) is 24.3. The summed E-state index contributed by atoms with van der Waals surface area (Å²) in [4.78, 5) is 28.7. The molecule has 0 bridgehead atoms. The molecule has 208 valence electrons. The molecular formula is C31H40N4O3S. The van der Waals surface area contributed by atoms with Crippen LogP contribution in [-0.2, 0) is 15.0 Å². The van der Waals surface area contributed by atoms with Gasteiger partial charge in [-0.05, 0) is 44.9 Å². The minimum Gasteiger partial charge on any atom is -0.496 e. The monoisotopic (exact) mass is 548 g/mol. The van der Waals surface area contributed by atoms with E-state index in [2.05, 4.69) is 58.1 Å². The first-order chi connectivity index (χ1) is 18.5. The van der Waals surface area contributed by atoms with Crippen molar-refractivity contribution in [3.8, 4) is 11.4 Å². The van der Waals surface area contributed by atoms with Crippen LogP contribution < -0.4 is 15.0 Å². The van der Waals surface area contributed by atoms with Crippen LogP contribution in [0.15, 0.2) is 42.5 Å². The highest BCUT2D eigenvalue weighted by atomic mass is 32.2. The van der Waals surface area contributed by atoms with Gasteiger partial charge in [0, 0.05) is 22.6 Å². The van der Waals surface area contributed by atoms with Crippen LogP contribution in [0.2, 0.25) is 0 Å². The van der Waals surface area contributed by atoms with Gasteiger partial charge in [-0.15, -0.1) is 11.8 Å². The Bertz CT molecular complexity index is 1370. The smallest absolute Gasteiger partial charge is 0.240 e. The third-order valence-electron chi connectivity index (χ3n) is 7.12. The van der Waals surface area contributed by atoms with Crippen molar-refractivity contribution in [1.82, 2.24) is 15.1 Å². The van der Waals surface area contributed by atoms with Gasteiger partial charge in [-0.2, -0.15) is 5.10 Å². The molecule has 2 heterocycles. The topological polar surface area (TPSA) is 76.5 Å². The molecule has 1 aliphatic heterocycles. The number of carbonyl (C=O) groups is 2. The lowest BCUT2D eigenvalue weighted by Crippen LogP contribution is -2.44. The molecule has 8 heteroatoms. The number of aromatic nitrogens is 2. The SMILES string of the molecule is CC[C@H](C)NC(=O)CN1C(=O)CS[C@@H](c2ccccc2OC)c2c(C(C)(C)C)nn(-c3ccc(C)cc3C)c21. The molecule has 1 aliphatic rings. The number of anilines is 1. The summed E-state index contributed by atoms with van der Waals surface area (Å²) in [5.41, 5.74) is 5.57. The van der Waals surface area contributed by atoms with Gasteiger partial charge in [0.2, 0.25) is 11.8 Å². The van der Waals surface area contributed by atoms with E-state index >= 15 is 0 Å². The van der Waals surface area contributed by atoms with E-state index in [9.17, 15) is 9.59 Å². The number of rotatable bonds is 7. The number of nitrogens with one attached hydrogen (secondary N) is 1. The van der Waals surface area contributed by atoms with E-state index in [4.69, 9.17) is 9.84 Å². The van der Waals surface area contributed by atoms with Crippen molar-refractivity contribution < 1.29 is 14.3 Å². The first-order valence-electron chi connectivity index (χ1n) is 13.5. The van der Waals surface area contributed by atoms with Crippen LogP contribution in [0.4, 0.5) is 5.82 Å². The average molecular weight is 549 g/mol. The number of hydrogen-bond donors (Lipinski definition) is 1. The van der Waals surface area contributed by atoms with Crippen LogP contribution >= 0.6 is 11.8 Å². The van der Waals surface area contributed by atoms with Gasteiger partial charge in [-0.1, -0.05) is 63.6 Å². The second-order valence-corrected chi connectivity index (χ2v) is 12.4. The van der Waals surface area contributed by atoms with E-state index in [0.29, 0.717) is 5.82 Å². The molecule has 0 saturated heterocycles. The largest absolute Gasteiger partial charge is 0.496 e. The lowest BCUT2D eigenvalue weighted by molar-refractivity contribution is -0.123. The zero-order chi connectivity index (χ0) is 28.5. The van der Waals surface area contributed by atoms with Crippen molar-refractivity contribution in [2.24, 2.45) is 0 Å². The van der Waals surface area contributed by atoms with E-state index in [1.54, 1.807) is 23.8 Å². The molecule has 0 saturated carbocycles. The number of aryl methyl sites for hydroxylation is 2. The van der Waals surface area contributed by atoms with Gasteiger partial charge in [0.25, 0.3) is 0 Å². The summed E-state index contributed by atoms with van der Waals surface area (Å²) in [6.45, 7) is 14.5. The number of carbonyl (C=O) groups excluding carboxylic acids is 2. The molecule has 2 aromatic carbocycles. The molecule has 0 radical (unpaired) electrons. The highest BCUT2D eigenvalue weighted by Gasteiger charge is 2.40. The molecule has 3 aromatic rings. The highest BCUT2D eigenvalue weighted by molar-refractivity contribution is 8.00. The number of fused-ring (bicyclic) bond motifs is 1. The highest BCUT2D eigenvalue weighted by Crippen LogP contribution is 2.50. The van der Waals surface area contributed by atoms with Gasteiger partial charge >= 0.3 is 0 Å². The first-order valence-corrected chi connectivity index (χ1v) is 14.6. The van der Waals surface area contributed by atoms with Gasteiger partial charge < -0.3 is 10.1 Å². The van der Waals surface area contributed by atoms with E-state index in [1.165, 1.54) is 0 Å². The molecule has 1 N–H and O–H groups in total. The maximum Gasteiger partial charge on any atom is 0.240 e. The maximum absolute atomic E-state index is 13.8. The molecule has 2 amide bonds. The summed E-state index contributed by atoms with van der Waals surface area (Å²) in [5.74, 6) is 1.33. The molecule has 4 rings (SSSR count). The van der Waals surface area contributed by atoms with Gasteiger partial charge in [-0.25, -0.2) is 4.68 Å². The van der Waals surface area contributed by atoms with Crippen molar-refractivity contribution in [2.75, 3.05) is 24.3 Å². The van der Waals surface area contributed by atoms with Gasteiger partial charge in [0.05, 0.1) is 29.5 Å². The molecule has 0 spiro atoms. The molecule has 0 aliphatic carbocycles. The molecular weight excluding hydrogens is 508 g/mol. The zero-order valence-corrected chi connectivity index (χ0v) is 25.1. The van der Waals surface area contributed by atoms with Crippen molar-refractivity contribution >= 4 is 29.4 Å². The van der Waals surface area contributed by atoms with Crippen LogP contribution in [0.3, 0.4) is 0 Å². The molecule has 39 heavy (non-hydrogen) atoms. The van der Waals surface area contributed by atoms with Crippen molar-refractivity contribution in [3.63, 3.8) is 0 Å². The average Bonchev–Trinajstić information content (AvgIpc) is 3.21. The Morgan fingerprint density at radius 1 is 1.21 bits per heavy atom. The minimum atomic E-state index is -0.327. The maximum atomic E-state index is 13.8. The fourth-order valence-electron chi connectivity index (χ4n) is 4.98. The summed E-state index contributed by atoms with van der Waals surface area (Å²) >= 11 is 1.56. The number of methoxy groups -OCH3 is 1. The number of thioether (sulfide) groups is 1. The standard InChI is InChI=1S/C31H40N4O3S/c1-9-21(4)32-25(36)17-34-26(37)18-39-28(22-12-10-11-13-24(22)38-8)27-29(31(5,6)7)33-35(30(27)34)23-15-14-19(2)16-20(23)3/h10-16,21,28H,9,17-18H2,1-8H3,(H,32,36)/t21-,28-/m0/s1. The van der Waals surface area contributed by atoms with Gasteiger partial charge in [0.15, 0.2) is 0 Å². The Hall–Kier alpha value is -3.26. The van der Waals surface area contributed by atoms with E-state index in [0.717, 1.165) is 45.8 Å². The predicted octanol–water partition coefficient (Wildman–Crippen LogP) is 5.88. The summed E-state index contributed by atoms with van der Waals surface area (Å²) < 4.78 is 7.66. The number of amides is 2. The first kappa shape index (κ1) is 28.7. The summed E-state index contributed by atoms with van der Waals surface area (Å²) in [6, 6.07) is 14.2. The molecule has 0 fully saturated rings. The summed E-state index contributed by atoms with van der Waals surface area (Å²) in [5, 5.41) is 8.03. The third-order valence-corrected chi connectivity index (χ3v) is 8.36. The van der Waals surface area contributed by atoms with Crippen LogP contribution in [0.5, 0.6) is 5.75 Å². The minimum absolute atomic E-state index is 0.0177. The third kappa shape index (κ3) is 5.86. The fourth-order valence-corrected chi connectivity index (χ4v) is 6.20. The number of hydrogen-bond acceptors (Lipinski definition) is 5. The van der Waals surface area contributed by atoms with Crippen LogP contribution in [0.1, 0.15) is 74.2 Å². The van der Waals surface area contributed by atoms with E-state index in [-0.39, 0.29) is 40.8 Å². The molecule has 7 nitrogen and oxygen atoms in total. The van der Waals surface area contributed by atoms with Crippen LogP contribution in [0, 0.1) is 13.8 Å². The predicted molar refractivity (Wildman–Crippen MR) is 159 cm³/mol. The van der Waals surface area contributed by atoms with E-state index < -0.39 is 0 Å². The van der Waals surface area contributed by atoms with Crippen LogP contribution in [0.25, 0.3) is 5.69 Å². The van der Waals surface area contributed by atoms with Gasteiger partial charge in [0.1, 0.15) is 18.1 Å². The second kappa shape index (κ2) is 11.5. The Balaban J connectivity index is 2.04. The Labute approximate surface area is 236 Å². The second-order valence-electron chi connectivity index (χ2n) is 11.3. The normalized spacial score (nSPS) is 16.5. The van der Waals surface area contributed by atoms with Crippen molar-refractivity contribution in [3.05, 3.63) is 70.4 Å².